The minimum absolute atomic E-state index is 0.0305. The van der Waals surface area contributed by atoms with E-state index < -0.39 is 15.3 Å². The van der Waals surface area contributed by atoms with Crippen LogP contribution in [0, 0.1) is 0 Å². The van der Waals surface area contributed by atoms with E-state index in [-0.39, 0.29) is 20.8 Å². The molecule has 0 N–H and O–H groups in total. The van der Waals surface area contributed by atoms with Crippen molar-refractivity contribution >= 4 is 60.8 Å². The molecule has 0 spiro atoms. The van der Waals surface area contributed by atoms with E-state index in [1.54, 1.807) is 0 Å². The fraction of sp³-hybridized carbons (Fsp3) is 0. The Labute approximate surface area is 107 Å². The molecule has 8 heteroatoms. The van der Waals surface area contributed by atoms with Crippen LogP contribution in [0.5, 0.6) is 5.75 Å². The van der Waals surface area contributed by atoms with Gasteiger partial charge in [-0.05, 0) is 12.1 Å². The number of ether oxygens (including phenoxy) is 1. The van der Waals surface area contributed by atoms with Crippen LogP contribution in [0.25, 0.3) is 0 Å². The largest absolute Gasteiger partial charge is 0.418 e. The number of halogens is 4. The Hall–Kier alpha value is -0.000000000000000167. The molecule has 0 aliphatic carbocycles. The van der Waals surface area contributed by atoms with E-state index in [2.05, 4.69) is 4.74 Å². The van der Waals surface area contributed by atoms with Crippen molar-refractivity contribution in [2.24, 2.45) is 0 Å². The average Bonchev–Trinajstić information content (AvgIpc) is 2.10. The maximum absolute atomic E-state index is 10.9. The zero-order valence-corrected chi connectivity index (χ0v) is 10.6. The fourth-order valence-corrected chi connectivity index (χ4v) is 1.88. The van der Waals surface area contributed by atoms with Gasteiger partial charge in [0.15, 0.2) is 5.75 Å². The molecule has 0 heterocycles. The van der Waals surface area contributed by atoms with Gasteiger partial charge < -0.3 is 4.74 Å². The summed E-state index contributed by atoms with van der Waals surface area (Å²) in [5.41, 5.74) is 0. The molecule has 0 saturated heterocycles. The van der Waals surface area contributed by atoms with E-state index in [1.165, 1.54) is 12.1 Å². The summed E-state index contributed by atoms with van der Waals surface area (Å²) in [5.74, 6) is -0.123. The van der Waals surface area contributed by atoms with Gasteiger partial charge in [0.2, 0.25) is 10.0 Å². The Morgan fingerprint density at radius 2 is 1.67 bits per heavy atom. The molecule has 0 aliphatic rings. The van der Waals surface area contributed by atoms with Gasteiger partial charge in [0.1, 0.15) is 0 Å². The summed E-state index contributed by atoms with van der Waals surface area (Å²) in [6.45, 7) is 0. The summed E-state index contributed by atoms with van der Waals surface area (Å²) in [4.78, 5) is 10.9. The molecular weight excluding hydrogens is 306 g/mol. The lowest BCUT2D eigenvalue weighted by atomic mass is 10.3. The molecule has 0 saturated carbocycles. The number of carbonyl (C=O) groups is 1. The minimum atomic E-state index is -2.27. The van der Waals surface area contributed by atoms with Crippen molar-refractivity contribution in [3.05, 3.63) is 27.2 Å². The van der Waals surface area contributed by atoms with Crippen molar-refractivity contribution in [2.75, 3.05) is 0 Å². The third kappa shape index (κ3) is 3.50. The molecule has 0 unspecified atom stereocenters. The Morgan fingerprint density at radius 3 is 2.07 bits per heavy atom. The monoisotopic (exact) mass is 306 g/mol. The van der Waals surface area contributed by atoms with Crippen molar-refractivity contribution in [2.45, 2.75) is 0 Å². The Morgan fingerprint density at radius 1 is 1.20 bits per heavy atom. The molecule has 82 valence electrons. The van der Waals surface area contributed by atoms with Crippen molar-refractivity contribution in [1.29, 1.82) is 0 Å². The highest BCUT2D eigenvalue weighted by Crippen LogP contribution is 2.36. The quantitative estimate of drug-likeness (QED) is 0.581. The van der Waals surface area contributed by atoms with Crippen LogP contribution in [-0.2, 0) is 10.0 Å². The summed E-state index contributed by atoms with van der Waals surface area (Å²) in [6, 6.07) is 2.66. The molecule has 0 fully saturated rings. The van der Waals surface area contributed by atoms with E-state index in [0.29, 0.717) is 0 Å². The summed E-state index contributed by atoms with van der Waals surface area (Å²) in [6.07, 6.45) is 0. The average molecular weight is 308 g/mol. The Bertz CT molecular complexity index is 411. The van der Waals surface area contributed by atoms with Gasteiger partial charge in [-0.25, -0.2) is 9.00 Å². The van der Waals surface area contributed by atoms with Crippen LogP contribution in [-0.4, -0.2) is 9.51 Å². The van der Waals surface area contributed by atoms with E-state index in [4.69, 9.17) is 45.5 Å². The maximum Gasteiger partial charge on any atom is 0.418 e. The molecule has 15 heavy (non-hydrogen) atoms. The normalized spacial score (nSPS) is 12.3. The first-order chi connectivity index (χ1) is 6.91. The van der Waals surface area contributed by atoms with Crippen molar-refractivity contribution in [3.8, 4) is 5.75 Å². The first kappa shape index (κ1) is 13.1. The number of hydrogen-bond acceptors (Lipinski definition) is 3. The smallest absolute Gasteiger partial charge is 0.413 e. The topological polar surface area (TPSA) is 43.4 Å². The highest BCUT2D eigenvalue weighted by Gasteiger charge is 2.17. The molecule has 0 aromatic heterocycles. The number of rotatable bonds is 1. The van der Waals surface area contributed by atoms with Crippen molar-refractivity contribution in [1.82, 2.24) is 0 Å². The van der Waals surface area contributed by atoms with Crippen molar-refractivity contribution in [3.63, 3.8) is 0 Å². The predicted molar refractivity (Wildman–Crippen MR) is 61.5 cm³/mol. The van der Waals surface area contributed by atoms with Gasteiger partial charge in [-0.2, -0.15) is 0 Å². The number of hydrogen-bond donors (Lipinski definition) is 0. The van der Waals surface area contributed by atoms with E-state index in [0.717, 1.165) is 0 Å². The third-order valence-corrected chi connectivity index (χ3v) is 2.78. The summed E-state index contributed by atoms with van der Waals surface area (Å²) in [5, 5.41) is -0.800. The molecule has 0 radical (unpaired) electrons. The second-order valence-corrected chi connectivity index (χ2v) is 5.15. The maximum atomic E-state index is 10.9. The molecule has 0 aliphatic heterocycles. The third-order valence-electron chi connectivity index (χ3n) is 1.28. The summed E-state index contributed by atoms with van der Waals surface area (Å²) in [7, 11) is 2.73. The second kappa shape index (κ2) is 5.37. The molecule has 1 atom stereocenters. The second-order valence-electron chi connectivity index (χ2n) is 2.27. The molecule has 1 aromatic rings. The zero-order valence-electron chi connectivity index (χ0n) is 6.80. The molecule has 1 aromatic carbocycles. The fourth-order valence-electron chi connectivity index (χ4n) is 0.743. The van der Waals surface area contributed by atoms with Gasteiger partial charge in [-0.15, -0.1) is 0 Å². The van der Waals surface area contributed by atoms with E-state index in [1.807, 2.05) is 0 Å². The predicted octanol–water partition coefficient (Wildman–Crippen LogP) is 4.05. The lowest BCUT2D eigenvalue weighted by molar-refractivity contribution is 0.226. The zero-order chi connectivity index (χ0) is 11.6. The van der Waals surface area contributed by atoms with Crippen LogP contribution in [0.3, 0.4) is 0 Å². The Balaban J connectivity index is 3.05. The van der Waals surface area contributed by atoms with Gasteiger partial charge in [-0.3, -0.25) is 0 Å². The van der Waals surface area contributed by atoms with Gasteiger partial charge in [0.25, 0.3) is 0 Å². The van der Waals surface area contributed by atoms with Crippen LogP contribution in [0.15, 0.2) is 12.1 Å². The lowest BCUT2D eigenvalue weighted by Crippen LogP contribution is -2.08. The van der Waals surface area contributed by atoms with Gasteiger partial charge in [-0.1, -0.05) is 34.8 Å². The first-order valence-electron chi connectivity index (χ1n) is 3.36. The van der Waals surface area contributed by atoms with Gasteiger partial charge >= 0.3 is 5.30 Å². The standard InChI is InChI=1S/C7H2Cl4O3S/c8-3-1-4(9)6(5(10)2-3)14-7(12)15(11)13/h1-2H/t15-/m1/s1. The van der Waals surface area contributed by atoms with Crippen LogP contribution in [0.1, 0.15) is 0 Å². The minimum Gasteiger partial charge on any atom is -0.413 e. The Kier molecular flexibility index (Phi) is 4.67. The molecule has 3 nitrogen and oxygen atoms in total. The first-order valence-corrected chi connectivity index (χ1v) is 6.47. The van der Waals surface area contributed by atoms with Crippen LogP contribution in [0.2, 0.25) is 15.1 Å². The van der Waals surface area contributed by atoms with Gasteiger partial charge in [0, 0.05) is 15.7 Å². The molecule has 0 bridgehead atoms. The molecule has 0 amide bonds. The molecule has 1 rings (SSSR count). The van der Waals surface area contributed by atoms with Crippen molar-refractivity contribution < 1.29 is 13.7 Å². The highest BCUT2D eigenvalue weighted by atomic mass is 35.7. The van der Waals surface area contributed by atoms with Crippen LogP contribution < -0.4 is 4.74 Å². The SMILES string of the molecule is O=C(Oc1c(Cl)cc(Cl)cc1Cl)[S@@](=O)Cl. The lowest BCUT2D eigenvalue weighted by Gasteiger charge is -2.06. The summed E-state index contributed by atoms with van der Waals surface area (Å²) < 4.78 is 15.1. The van der Waals surface area contributed by atoms with Crippen LogP contribution in [0.4, 0.5) is 4.79 Å². The van der Waals surface area contributed by atoms with E-state index >= 15 is 0 Å². The highest BCUT2D eigenvalue weighted by molar-refractivity contribution is 8.20. The van der Waals surface area contributed by atoms with Gasteiger partial charge in [0.05, 0.1) is 10.0 Å². The number of benzene rings is 1. The van der Waals surface area contributed by atoms with Crippen LogP contribution >= 0.6 is 45.5 Å². The number of carbonyl (C=O) groups excluding carboxylic acids is 1. The summed E-state index contributed by atoms with van der Waals surface area (Å²) >= 11 is 17.0. The molecular formula is C7H2Cl4O3S. The van der Waals surface area contributed by atoms with E-state index in [9.17, 15) is 9.00 Å².